The van der Waals surface area contributed by atoms with Gasteiger partial charge in [-0.1, -0.05) is 42.3 Å². The molecule has 0 unspecified atom stereocenters. The molecule has 4 rings (SSSR count). The Kier molecular flexibility index (Phi) is 5.53. The van der Waals surface area contributed by atoms with Crippen LogP contribution in [0.1, 0.15) is 47.2 Å². The van der Waals surface area contributed by atoms with Crippen LogP contribution >= 0.6 is 11.3 Å². The minimum atomic E-state index is -0.777. The topological polar surface area (TPSA) is 75.4 Å². The molecule has 1 aliphatic rings. The van der Waals surface area contributed by atoms with Crippen LogP contribution in [0.15, 0.2) is 64.6 Å². The highest BCUT2D eigenvalue weighted by Gasteiger charge is 2.36. The van der Waals surface area contributed by atoms with Crippen LogP contribution in [0.3, 0.4) is 0 Å². The summed E-state index contributed by atoms with van der Waals surface area (Å²) >= 11 is 1.45. The largest absolute Gasteiger partial charge is 0.351 e. The molecule has 2 amide bonds. The van der Waals surface area contributed by atoms with Gasteiger partial charge in [0.1, 0.15) is 0 Å². The molecule has 2 aromatic heterocycles. The fraction of sp³-hybridized carbons (Fsp3) is 0.286. The standard InChI is InChI=1S/C21H21N3O3S/c25-20(23-15-7-4-5-8-15)19(18-11-6-14-28-18)24(16-9-2-1-3-10-16)21(26)17-12-13-22-27-17/h1-3,6,9-15,19H,4-5,7-8H2,(H,23,25)/t19-/m0/s1. The summed E-state index contributed by atoms with van der Waals surface area (Å²) in [6.07, 6.45) is 5.62. The Balaban J connectivity index is 1.74. The Hall–Kier alpha value is -2.93. The van der Waals surface area contributed by atoms with Crippen molar-refractivity contribution in [2.75, 3.05) is 4.90 Å². The number of carbonyl (C=O) groups is 2. The van der Waals surface area contributed by atoms with E-state index in [1.54, 1.807) is 0 Å². The quantitative estimate of drug-likeness (QED) is 0.679. The van der Waals surface area contributed by atoms with E-state index in [2.05, 4.69) is 10.5 Å². The molecule has 0 bridgehead atoms. The monoisotopic (exact) mass is 395 g/mol. The molecule has 2 heterocycles. The van der Waals surface area contributed by atoms with Crippen molar-refractivity contribution in [3.63, 3.8) is 0 Å². The zero-order chi connectivity index (χ0) is 19.3. The van der Waals surface area contributed by atoms with Crippen LogP contribution < -0.4 is 10.2 Å². The third-order valence-electron chi connectivity index (χ3n) is 4.92. The summed E-state index contributed by atoms with van der Waals surface area (Å²) in [5.41, 5.74) is 0.629. The van der Waals surface area contributed by atoms with E-state index < -0.39 is 11.9 Å². The second-order valence-electron chi connectivity index (χ2n) is 6.80. The number of hydrogen-bond donors (Lipinski definition) is 1. The molecule has 0 spiro atoms. The maximum absolute atomic E-state index is 13.3. The minimum absolute atomic E-state index is 0.0964. The summed E-state index contributed by atoms with van der Waals surface area (Å²) in [7, 11) is 0. The third kappa shape index (κ3) is 3.84. The average molecular weight is 395 g/mol. The molecule has 6 nitrogen and oxygen atoms in total. The second-order valence-corrected chi connectivity index (χ2v) is 7.77. The molecule has 1 fully saturated rings. The van der Waals surface area contributed by atoms with E-state index in [4.69, 9.17) is 4.52 Å². The Bertz CT molecular complexity index is 904. The lowest BCUT2D eigenvalue weighted by atomic mass is 10.1. The number of thiophene rings is 1. The van der Waals surface area contributed by atoms with E-state index >= 15 is 0 Å². The molecule has 1 aliphatic carbocycles. The number of anilines is 1. The van der Waals surface area contributed by atoms with Gasteiger partial charge in [-0.05, 0) is 36.4 Å². The van der Waals surface area contributed by atoms with Crippen LogP contribution in [0, 0.1) is 0 Å². The first kappa shape index (κ1) is 18.4. The van der Waals surface area contributed by atoms with Crippen molar-refractivity contribution < 1.29 is 14.1 Å². The predicted molar refractivity (Wildman–Crippen MR) is 107 cm³/mol. The number of nitrogens with one attached hydrogen (secondary N) is 1. The van der Waals surface area contributed by atoms with Crippen molar-refractivity contribution in [1.82, 2.24) is 10.5 Å². The van der Waals surface area contributed by atoms with E-state index in [-0.39, 0.29) is 17.7 Å². The molecular formula is C21H21N3O3S. The molecule has 3 aromatic rings. The van der Waals surface area contributed by atoms with Crippen molar-refractivity contribution in [2.45, 2.75) is 37.8 Å². The average Bonchev–Trinajstić information content (AvgIpc) is 3.49. The first-order valence-electron chi connectivity index (χ1n) is 9.37. The van der Waals surface area contributed by atoms with Gasteiger partial charge in [0.25, 0.3) is 5.91 Å². The van der Waals surface area contributed by atoms with Gasteiger partial charge in [-0.3, -0.25) is 14.5 Å². The number of hydrogen-bond acceptors (Lipinski definition) is 5. The van der Waals surface area contributed by atoms with Gasteiger partial charge in [-0.15, -0.1) is 11.3 Å². The zero-order valence-corrected chi connectivity index (χ0v) is 16.1. The predicted octanol–water partition coefficient (Wildman–Crippen LogP) is 4.18. The van der Waals surface area contributed by atoms with Gasteiger partial charge >= 0.3 is 0 Å². The Morgan fingerprint density at radius 1 is 1.11 bits per heavy atom. The van der Waals surface area contributed by atoms with Crippen molar-refractivity contribution in [2.24, 2.45) is 0 Å². The van der Waals surface area contributed by atoms with Crippen LogP contribution in [-0.4, -0.2) is 23.0 Å². The molecule has 1 aromatic carbocycles. The van der Waals surface area contributed by atoms with Gasteiger partial charge in [0.15, 0.2) is 6.04 Å². The van der Waals surface area contributed by atoms with Gasteiger partial charge in [0.05, 0.1) is 6.20 Å². The molecule has 0 radical (unpaired) electrons. The maximum Gasteiger partial charge on any atom is 0.297 e. The molecule has 7 heteroatoms. The van der Waals surface area contributed by atoms with E-state index in [1.165, 1.54) is 28.5 Å². The molecule has 0 aliphatic heterocycles. The highest BCUT2D eigenvalue weighted by atomic mass is 32.1. The number of carbonyl (C=O) groups excluding carboxylic acids is 2. The van der Waals surface area contributed by atoms with E-state index in [0.717, 1.165) is 30.6 Å². The van der Waals surface area contributed by atoms with Crippen LogP contribution in [0.5, 0.6) is 0 Å². The normalized spacial score (nSPS) is 15.3. The highest BCUT2D eigenvalue weighted by molar-refractivity contribution is 7.10. The molecule has 144 valence electrons. The summed E-state index contributed by atoms with van der Waals surface area (Å²) in [6.45, 7) is 0. The van der Waals surface area contributed by atoms with Gasteiger partial charge in [0.2, 0.25) is 11.7 Å². The maximum atomic E-state index is 13.3. The Morgan fingerprint density at radius 3 is 2.54 bits per heavy atom. The summed E-state index contributed by atoms with van der Waals surface area (Å²) in [5, 5.41) is 8.70. The van der Waals surface area contributed by atoms with Crippen molar-refractivity contribution in [3.05, 3.63) is 70.7 Å². The Morgan fingerprint density at radius 2 is 1.89 bits per heavy atom. The van der Waals surface area contributed by atoms with Crippen molar-refractivity contribution in [1.29, 1.82) is 0 Å². The second kappa shape index (κ2) is 8.39. The number of nitrogens with zero attached hydrogens (tertiary/aromatic N) is 2. The lowest BCUT2D eigenvalue weighted by Gasteiger charge is -2.30. The van der Waals surface area contributed by atoms with Crippen LogP contribution in [0.2, 0.25) is 0 Å². The van der Waals surface area contributed by atoms with Crippen LogP contribution in [-0.2, 0) is 4.79 Å². The molecule has 1 N–H and O–H groups in total. The molecule has 1 saturated carbocycles. The highest BCUT2D eigenvalue weighted by Crippen LogP contribution is 2.32. The van der Waals surface area contributed by atoms with Gasteiger partial charge in [-0.25, -0.2) is 0 Å². The lowest BCUT2D eigenvalue weighted by molar-refractivity contribution is -0.123. The Labute approximate surface area is 167 Å². The SMILES string of the molecule is O=C(NC1CCCC1)[C@H](c1cccs1)N(C(=O)c1ccno1)c1ccccc1. The first-order chi connectivity index (χ1) is 13.7. The van der Waals surface area contributed by atoms with Crippen molar-refractivity contribution >= 4 is 28.8 Å². The van der Waals surface area contributed by atoms with Crippen LogP contribution in [0.4, 0.5) is 5.69 Å². The summed E-state index contributed by atoms with van der Waals surface area (Å²) in [4.78, 5) is 28.9. The molecule has 28 heavy (non-hydrogen) atoms. The number of rotatable bonds is 6. The molecule has 1 atom stereocenters. The molecule has 0 saturated heterocycles. The summed E-state index contributed by atoms with van der Waals surface area (Å²) in [6, 6.07) is 13.9. The smallest absolute Gasteiger partial charge is 0.297 e. The third-order valence-corrected chi connectivity index (χ3v) is 5.85. The van der Waals surface area contributed by atoms with Gasteiger partial charge in [0, 0.05) is 22.7 Å². The fourth-order valence-corrected chi connectivity index (χ4v) is 4.40. The van der Waals surface area contributed by atoms with E-state index in [0.29, 0.717) is 5.69 Å². The van der Waals surface area contributed by atoms with Gasteiger partial charge < -0.3 is 9.84 Å². The fourth-order valence-electron chi connectivity index (χ4n) is 3.59. The van der Waals surface area contributed by atoms with E-state index in [1.807, 2.05) is 47.8 Å². The molecular weight excluding hydrogens is 374 g/mol. The van der Waals surface area contributed by atoms with Crippen molar-refractivity contribution in [3.8, 4) is 0 Å². The van der Waals surface area contributed by atoms with Crippen LogP contribution in [0.25, 0.3) is 0 Å². The lowest BCUT2D eigenvalue weighted by Crippen LogP contribution is -2.46. The minimum Gasteiger partial charge on any atom is -0.351 e. The zero-order valence-electron chi connectivity index (χ0n) is 15.3. The number of aromatic nitrogens is 1. The summed E-state index contributed by atoms with van der Waals surface area (Å²) < 4.78 is 5.11. The summed E-state index contributed by atoms with van der Waals surface area (Å²) in [5.74, 6) is -0.478. The van der Waals surface area contributed by atoms with E-state index in [9.17, 15) is 9.59 Å². The number of para-hydroxylation sites is 1. The first-order valence-corrected chi connectivity index (χ1v) is 10.2. The number of amides is 2. The van der Waals surface area contributed by atoms with Gasteiger partial charge in [-0.2, -0.15) is 0 Å². The number of benzene rings is 1.